The van der Waals surface area contributed by atoms with Crippen molar-refractivity contribution >= 4 is 5.69 Å². The average molecular weight is 613 g/mol. The van der Waals surface area contributed by atoms with Crippen LogP contribution in [0.2, 0.25) is 0 Å². The Bertz CT molecular complexity index is 1460. The van der Waals surface area contributed by atoms with Crippen LogP contribution in [0.5, 0.6) is 5.88 Å². The molecule has 0 N–H and O–H groups in total. The molecular weight excluding hydrogens is 586 g/mol. The fourth-order valence-electron chi connectivity index (χ4n) is 4.34. The van der Waals surface area contributed by atoms with Crippen molar-refractivity contribution in [3.8, 4) is 17.5 Å². The molecule has 2 heterocycles. The van der Waals surface area contributed by atoms with E-state index in [4.69, 9.17) is 13.9 Å². The Labute approximate surface area is 241 Å². The zero-order valence-corrected chi connectivity index (χ0v) is 22.5. The summed E-state index contributed by atoms with van der Waals surface area (Å²) in [6.07, 6.45) is -7.79. The number of aromatic nitrogens is 3. The maximum absolute atomic E-state index is 14.7. The lowest BCUT2D eigenvalue weighted by molar-refractivity contribution is -0.384. The summed E-state index contributed by atoms with van der Waals surface area (Å²) >= 11 is 0. The van der Waals surface area contributed by atoms with Gasteiger partial charge in [-0.15, -0.1) is 23.4 Å². The molecule has 0 radical (unpaired) electrons. The van der Waals surface area contributed by atoms with Gasteiger partial charge >= 0.3 is 18.0 Å². The van der Waals surface area contributed by atoms with Crippen LogP contribution in [0.3, 0.4) is 0 Å². The second kappa shape index (κ2) is 12.5. The fourth-order valence-corrected chi connectivity index (χ4v) is 4.34. The summed E-state index contributed by atoms with van der Waals surface area (Å²) in [7, 11) is 0. The number of nitrogens with zero attached hydrogens (tertiary/aromatic N) is 4. The van der Waals surface area contributed by atoms with E-state index < -0.39 is 76.6 Å². The van der Waals surface area contributed by atoms with Crippen LogP contribution in [0.15, 0.2) is 66.1 Å². The molecule has 230 valence electrons. The van der Waals surface area contributed by atoms with Crippen molar-refractivity contribution in [2.45, 2.75) is 62.8 Å². The number of rotatable bonds is 14. The Kier molecular flexibility index (Phi) is 9.23. The predicted molar refractivity (Wildman–Crippen MR) is 140 cm³/mol. The van der Waals surface area contributed by atoms with Gasteiger partial charge in [0.15, 0.2) is 0 Å². The van der Waals surface area contributed by atoms with E-state index in [1.807, 2.05) is 0 Å². The van der Waals surface area contributed by atoms with Gasteiger partial charge in [0.25, 0.3) is 11.8 Å². The maximum atomic E-state index is 14.7. The lowest BCUT2D eigenvalue weighted by Gasteiger charge is -2.32. The van der Waals surface area contributed by atoms with Gasteiger partial charge in [0.05, 0.1) is 11.5 Å². The topological polar surface area (TPSA) is 113 Å². The number of nitro groups is 1. The van der Waals surface area contributed by atoms with Crippen molar-refractivity contribution in [2.24, 2.45) is 5.92 Å². The predicted octanol–water partition coefficient (Wildman–Crippen LogP) is 7.73. The third kappa shape index (κ3) is 7.04. The Morgan fingerprint density at radius 3 is 2.35 bits per heavy atom. The quantitative estimate of drug-likeness (QED) is 0.0787. The zero-order valence-electron chi connectivity index (χ0n) is 22.5. The lowest BCUT2D eigenvalue weighted by atomic mass is 9.96. The molecule has 1 unspecified atom stereocenters. The first-order chi connectivity index (χ1) is 20.3. The molecule has 1 aromatic carbocycles. The van der Waals surface area contributed by atoms with E-state index in [0.29, 0.717) is 18.4 Å². The molecule has 2 atom stereocenters. The van der Waals surface area contributed by atoms with Crippen molar-refractivity contribution in [1.82, 2.24) is 15.2 Å². The highest BCUT2D eigenvalue weighted by Gasteiger charge is 2.61. The molecular formula is C28H26F6N4O5. The molecule has 4 rings (SSSR count). The third-order valence-corrected chi connectivity index (χ3v) is 6.74. The second-order valence-corrected chi connectivity index (χ2v) is 9.82. The van der Waals surface area contributed by atoms with Crippen LogP contribution in [-0.2, 0) is 23.1 Å². The molecule has 15 heteroatoms. The number of halogens is 6. The van der Waals surface area contributed by atoms with Gasteiger partial charge in [-0.3, -0.25) is 10.1 Å². The van der Waals surface area contributed by atoms with Gasteiger partial charge in [-0.1, -0.05) is 42.5 Å². The zero-order chi connectivity index (χ0) is 31.4. The highest BCUT2D eigenvalue weighted by Crippen LogP contribution is 2.48. The molecule has 0 saturated heterocycles. The molecule has 0 aliphatic heterocycles. The lowest BCUT2D eigenvalue weighted by Crippen LogP contribution is -2.45. The number of hydrogen-bond acceptors (Lipinski definition) is 8. The van der Waals surface area contributed by atoms with E-state index in [9.17, 15) is 36.5 Å². The largest absolute Gasteiger partial charge is 0.473 e. The maximum Gasteiger partial charge on any atom is 0.426 e. The minimum absolute atomic E-state index is 0.0893. The van der Waals surface area contributed by atoms with Crippen LogP contribution >= 0.6 is 0 Å². The van der Waals surface area contributed by atoms with Gasteiger partial charge in [0, 0.05) is 12.5 Å². The number of hydrogen-bond donors (Lipinski definition) is 0. The molecule has 2 aromatic heterocycles. The highest BCUT2D eigenvalue weighted by atomic mass is 19.4. The van der Waals surface area contributed by atoms with Crippen molar-refractivity contribution in [1.29, 1.82) is 0 Å². The summed E-state index contributed by atoms with van der Waals surface area (Å²) in [5.41, 5.74) is -6.47. The van der Waals surface area contributed by atoms with Crippen molar-refractivity contribution in [2.75, 3.05) is 0 Å². The summed E-state index contributed by atoms with van der Waals surface area (Å²) in [6, 6.07) is 8.11. The Morgan fingerprint density at radius 2 is 1.79 bits per heavy atom. The van der Waals surface area contributed by atoms with E-state index >= 15 is 0 Å². The van der Waals surface area contributed by atoms with E-state index in [1.165, 1.54) is 24.3 Å². The first kappa shape index (κ1) is 31.7. The standard InChI is InChI=1S/C28H26F6N4O5/c1-3-5-14-26(28(32,33)34,41-16-17-10-7-6-8-11-17)25-37-36-24(43-25)22-20(38(39)40)15-19(27(29,30)31)23(35-22)42-21(9-4-2)18-12-13-18/h3-4,6-8,10-11,15,18,21H,1-2,5,9,12-14,16H2/t21?,26-/m1/s1. The molecule has 3 aromatic rings. The summed E-state index contributed by atoms with van der Waals surface area (Å²) < 4.78 is 102. The number of ether oxygens (including phenoxy) is 2. The first-order valence-electron chi connectivity index (χ1n) is 13.0. The van der Waals surface area contributed by atoms with Gasteiger partial charge in [-0.05, 0) is 37.2 Å². The molecule has 1 saturated carbocycles. The van der Waals surface area contributed by atoms with Crippen LogP contribution in [0.4, 0.5) is 32.0 Å². The van der Waals surface area contributed by atoms with E-state index in [1.54, 1.807) is 18.2 Å². The van der Waals surface area contributed by atoms with Gasteiger partial charge in [0.1, 0.15) is 11.7 Å². The molecule has 1 fully saturated rings. The van der Waals surface area contributed by atoms with Gasteiger partial charge < -0.3 is 13.9 Å². The van der Waals surface area contributed by atoms with Crippen molar-refractivity contribution in [3.63, 3.8) is 0 Å². The summed E-state index contributed by atoms with van der Waals surface area (Å²) in [6.45, 7) is 6.49. The molecule has 0 bridgehead atoms. The Balaban J connectivity index is 1.83. The number of benzene rings is 1. The fraction of sp³-hybridized carbons (Fsp3) is 0.393. The number of pyridine rings is 1. The van der Waals surface area contributed by atoms with Gasteiger partial charge in [0.2, 0.25) is 17.2 Å². The van der Waals surface area contributed by atoms with E-state index in [2.05, 4.69) is 28.3 Å². The third-order valence-electron chi connectivity index (χ3n) is 6.74. The minimum Gasteiger partial charge on any atom is -0.473 e. The first-order valence-corrected chi connectivity index (χ1v) is 13.0. The van der Waals surface area contributed by atoms with Crippen LogP contribution < -0.4 is 4.74 Å². The molecule has 43 heavy (non-hydrogen) atoms. The van der Waals surface area contributed by atoms with Crippen LogP contribution in [-0.4, -0.2) is 32.4 Å². The Morgan fingerprint density at radius 1 is 1.09 bits per heavy atom. The summed E-state index contributed by atoms with van der Waals surface area (Å²) in [5.74, 6) is -3.15. The molecule has 9 nitrogen and oxygen atoms in total. The molecule has 0 amide bonds. The highest BCUT2D eigenvalue weighted by molar-refractivity contribution is 5.64. The normalized spacial score (nSPS) is 15.9. The van der Waals surface area contributed by atoms with Crippen LogP contribution in [0, 0.1) is 16.0 Å². The average Bonchev–Trinajstić information content (AvgIpc) is 3.68. The molecule has 1 aliphatic carbocycles. The van der Waals surface area contributed by atoms with Crippen LogP contribution in [0.1, 0.15) is 49.1 Å². The molecule has 1 aliphatic rings. The van der Waals surface area contributed by atoms with Gasteiger partial charge in [-0.25, -0.2) is 4.98 Å². The smallest absolute Gasteiger partial charge is 0.426 e. The van der Waals surface area contributed by atoms with E-state index in [-0.39, 0.29) is 24.8 Å². The minimum atomic E-state index is -5.13. The number of alkyl halides is 6. The van der Waals surface area contributed by atoms with Gasteiger partial charge in [-0.2, -0.15) is 26.3 Å². The monoisotopic (exact) mass is 612 g/mol. The van der Waals surface area contributed by atoms with Crippen molar-refractivity contribution < 1.29 is 45.2 Å². The van der Waals surface area contributed by atoms with E-state index in [0.717, 1.165) is 0 Å². The summed E-state index contributed by atoms with van der Waals surface area (Å²) in [5, 5.41) is 18.8. The number of allylic oxidation sites excluding steroid dienone is 1. The van der Waals surface area contributed by atoms with Crippen LogP contribution in [0.25, 0.3) is 11.6 Å². The second-order valence-electron chi connectivity index (χ2n) is 9.82. The SMILES string of the molecule is C=CCC[C@@](OCc1ccccc1)(c1nnc(-c2nc(OC(CC=C)C3CC3)c(C(F)(F)F)cc2[N+](=O)[O-])o1)C(F)(F)F. The Hall–Kier alpha value is -4.27. The summed E-state index contributed by atoms with van der Waals surface area (Å²) in [4.78, 5) is 14.4. The molecule has 0 spiro atoms. The van der Waals surface area contributed by atoms with Crippen molar-refractivity contribution in [3.05, 3.63) is 88.8 Å².